The molecule has 0 saturated carbocycles. The standard InChI is InChI=1S/C15H9BrF4O2/c16-11-7-6-10(14(21)15(18,19)20)12(17)13(11)22-8-9-4-2-1-3-5-9/h1-7H,8H2. The van der Waals surface area contributed by atoms with Crippen LogP contribution < -0.4 is 4.74 Å². The third-order valence-corrected chi connectivity index (χ3v) is 3.40. The van der Waals surface area contributed by atoms with Gasteiger partial charge in [-0.3, -0.25) is 4.79 Å². The Kier molecular flexibility index (Phi) is 4.85. The third-order valence-electron chi connectivity index (χ3n) is 2.78. The maximum atomic E-state index is 14.1. The summed E-state index contributed by atoms with van der Waals surface area (Å²) in [5, 5.41) is 0. The summed E-state index contributed by atoms with van der Waals surface area (Å²) in [6.07, 6.45) is -5.15. The molecule has 0 saturated heterocycles. The molecule has 2 aromatic carbocycles. The maximum Gasteiger partial charge on any atom is 0.454 e. The molecule has 0 atom stereocenters. The SMILES string of the molecule is O=C(c1ccc(Br)c(OCc2ccccc2)c1F)C(F)(F)F. The van der Waals surface area contributed by atoms with Crippen LogP contribution in [0.1, 0.15) is 15.9 Å². The minimum atomic E-state index is -5.15. The van der Waals surface area contributed by atoms with Crippen LogP contribution in [0.15, 0.2) is 46.9 Å². The first-order valence-electron chi connectivity index (χ1n) is 6.07. The molecule has 0 aliphatic heterocycles. The smallest absolute Gasteiger partial charge is 0.454 e. The van der Waals surface area contributed by atoms with E-state index in [1.807, 2.05) is 0 Å². The Bertz CT molecular complexity index is 684. The number of benzene rings is 2. The second kappa shape index (κ2) is 6.48. The molecule has 0 aliphatic rings. The normalized spacial score (nSPS) is 11.3. The zero-order valence-electron chi connectivity index (χ0n) is 11.0. The van der Waals surface area contributed by atoms with Crippen LogP contribution in [0, 0.1) is 5.82 Å². The number of carbonyl (C=O) groups excluding carboxylic acids is 1. The minimum Gasteiger partial charge on any atom is -0.485 e. The average Bonchev–Trinajstić information content (AvgIpc) is 2.46. The molecule has 2 aromatic rings. The van der Waals surface area contributed by atoms with E-state index >= 15 is 0 Å². The topological polar surface area (TPSA) is 26.3 Å². The molecule has 0 unspecified atom stereocenters. The van der Waals surface area contributed by atoms with Gasteiger partial charge in [-0.05, 0) is 33.6 Å². The quantitative estimate of drug-likeness (QED) is 0.559. The lowest BCUT2D eigenvalue weighted by molar-refractivity contribution is -0.0887. The van der Waals surface area contributed by atoms with Gasteiger partial charge in [0.25, 0.3) is 5.78 Å². The number of carbonyl (C=O) groups is 1. The first-order chi connectivity index (χ1) is 10.3. The molecule has 7 heteroatoms. The number of hydrogen-bond donors (Lipinski definition) is 0. The fourth-order valence-electron chi connectivity index (χ4n) is 1.72. The predicted octanol–water partition coefficient (Wildman–Crippen LogP) is 4.91. The second-order valence-electron chi connectivity index (χ2n) is 4.34. The number of halogens is 5. The summed E-state index contributed by atoms with van der Waals surface area (Å²) >= 11 is 3.00. The Balaban J connectivity index is 2.30. The van der Waals surface area contributed by atoms with Gasteiger partial charge in [-0.1, -0.05) is 30.3 Å². The molecular formula is C15H9BrF4O2. The van der Waals surface area contributed by atoms with Gasteiger partial charge < -0.3 is 4.74 Å². The molecule has 2 rings (SSSR count). The fourth-order valence-corrected chi connectivity index (χ4v) is 2.14. The van der Waals surface area contributed by atoms with Crippen LogP contribution in [-0.2, 0) is 6.61 Å². The van der Waals surface area contributed by atoms with Gasteiger partial charge in [0.15, 0.2) is 11.6 Å². The van der Waals surface area contributed by atoms with Crippen LogP contribution >= 0.6 is 15.9 Å². The molecule has 2 nitrogen and oxygen atoms in total. The molecule has 0 spiro atoms. The summed E-state index contributed by atoms with van der Waals surface area (Å²) in [7, 11) is 0. The van der Waals surface area contributed by atoms with E-state index in [-0.39, 0.29) is 11.1 Å². The Morgan fingerprint density at radius 3 is 2.32 bits per heavy atom. The summed E-state index contributed by atoms with van der Waals surface area (Å²) in [5.41, 5.74) is -0.361. The molecule has 0 aromatic heterocycles. The zero-order chi connectivity index (χ0) is 16.3. The lowest BCUT2D eigenvalue weighted by Gasteiger charge is -2.13. The highest BCUT2D eigenvalue weighted by atomic mass is 79.9. The van der Waals surface area contributed by atoms with E-state index in [2.05, 4.69) is 15.9 Å². The Hall–Kier alpha value is -1.89. The molecule has 22 heavy (non-hydrogen) atoms. The Labute approximate surface area is 131 Å². The van der Waals surface area contributed by atoms with E-state index in [4.69, 9.17) is 4.74 Å². The number of ketones is 1. The molecule has 0 bridgehead atoms. The molecule has 0 amide bonds. The van der Waals surface area contributed by atoms with Crippen LogP contribution in [0.4, 0.5) is 17.6 Å². The molecule has 0 aliphatic carbocycles. The monoisotopic (exact) mass is 376 g/mol. The lowest BCUT2D eigenvalue weighted by atomic mass is 10.1. The van der Waals surface area contributed by atoms with Gasteiger partial charge in [-0.15, -0.1) is 0 Å². The van der Waals surface area contributed by atoms with Crippen molar-refractivity contribution in [3.8, 4) is 5.75 Å². The van der Waals surface area contributed by atoms with Gasteiger partial charge >= 0.3 is 6.18 Å². The van der Waals surface area contributed by atoms with Crippen LogP contribution in [0.3, 0.4) is 0 Å². The maximum absolute atomic E-state index is 14.1. The summed E-state index contributed by atoms with van der Waals surface area (Å²) in [4.78, 5) is 11.2. The Morgan fingerprint density at radius 1 is 1.09 bits per heavy atom. The van der Waals surface area contributed by atoms with E-state index in [0.717, 1.165) is 12.1 Å². The van der Waals surface area contributed by atoms with E-state index < -0.39 is 29.1 Å². The van der Waals surface area contributed by atoms with Crippen molar-refractivity contribution >= 4 is 21.7 Å². The molecule has 0 heterocycles. The van der Waals surface area contributed by atoms with Crippen molar-refractivity contribution in [2.45, 2.75) is 12.8 Å². The zero-order valence-corrected chi connectivity index (χ0v) is 12.5. The number of ether oxygens (including phenoxy) is 1. The summed E-state index contributed by atoms with van der Waals surface area (Å²) in [6, 6.07) is 10.6. The highest BCUT2D eigenvalue weighted by Crippen LogP contribution is 2.33. The van der Waals surface area contributed by atoms with Gasteiger partial charge in [-0.25, -0.2) is 4.39 Å². The van der Waals surface area contributed by atoms with Crippen molar-refractivity contribution in [1.29, 1.82) is 0 Å². The first kappa shape index (κ1) is 16.5. The number of alkyl halides is 3. The van der Waals surface area contributed by atoms with Gasteiger partial charge in [0, 0.05) is 0 Å². The number of Topliss-reactive ketones (excluding diaryl/α,β-unsaturated/α-hetero) is 1. The van der Waals surface area contributed by atoms with E-state index in [1.165, 1.54) is 0 Å². The van der Waals surface area contributed by atoms with E-state index in [0.29, 0.717) is 5.56 Å². The predicted molar refractivity (Wildman–Crippen MR) is 75.3 cm³/mol. The third kappa shape index (κ3) is 3.65. The summed E-state index contributed by atoms with van der Waals surface area (Å²) < 4.78 is 56.8. The van der Waals surface area contributed by atoms with Crippen LogP contribution in [0.2, 0.25) is 0 Å². The molecule has 116 valence electrons. The molecule has 0 fully saturated rings. The van der Waals surface area contributed by atoms with Gasteiger partial charge in [0.05, 0.1) is 10.0 Å². The van der Waals surface area contributed by atoms with Crippen molar-refractivity contribution in [3.63, 3.8) is 0 Å². The first-order valence-corrected chi connectivity index (χ1v) is 6.86. The largest absolute Gasteiger partial charge is 0.485 e. The molecule has 0 radical (unpaired) electrons. The minimum absolute atomic E-state index is 0.0416. The summed E-state index contributed by atoms with van der Waals surface area (Å²) in [6.45, 7) is -0.0416. The fraction of sp³-hybridized carbons (Fsp3) is 0.133. The van der Waals surface area contributed by atoms with Crippen molar-refractivity contribution in [2.24, 2.45) is 0 Å². The van der Waals surface area contributed by atoms with Gasteiger partial charge in [-0.2, -0.15) is 13.2 Å². The summed E-state index contributed by atoms with van der Waals surface area (Å²) in [5.74, 6) is -4.02. The highest BCUT2D eigenvalue weighted by Gasteiger charge is 2.41. The molecule has 0 N–H and O–H groups in total. The van der Waals surface area contributed by atoms with Gasteiger partial charge in [0.1, 0.15) is 6.61 Å². The van der Waals surface area contributed by atoms with Crippen LogP contribution in [0.25, 0.3) is 0 Å². The van der Waals surface area contributed by atoms with Crippen molar-refractivity contribution in [2.75, 3.05) is 0 Å². The van der Waals surface area contributed by atoms with E-state index in [1.54, 1.807) is 30.3 Å². The van der Waals surface area contributed by atoms with E-state index in [9.17, 15) is 22.4 Å². The van der Waals surface area contributed by atoms with Crippen molar-refractivity contribution in [1.82, 2.24) is 0 Å². The van der Waals surface area contributed by atoms with Crippen molar-refractivity contribution in [3.05, 3.63) is 63.9 Å². The highest BCUT2D eigenvalue weighted by molar-refractivity contribution is 9.10. The number of hydrogen-bond acceptors (Lipinski definition) is 2. The molecular weight excluding hydrogens is 368 g/mol. The van der Waals surface area contributed by atoms with Crippen molar-refractivity contribution < 1.29 is 27.1 Å². The lowest BCUT2D eigenvalue weighted by Crippen LogP contribution is -2.24. The Morgan fingerprint density at radius 2 is 1.73 bits per heavy atom. The average molecular weight is 377 g/mol. The second-order valence-corrected chi connectivity index (χ2v) is 5.19. The van der Waals surface area contributed by atoms with Gasteiger partial charge in [0.2, 0.25) is 0 Å². The number of rotatable bonds is 4. The van der Waals surface area contributed by atoms with Crippen LogP contribution in [-0.4, -0.2) is 12.0 Å². The van der Waals surface area contributed by atoms with Crippen LogP contribution in [0.5, 0.6) is 5.75 Å².